The lowest BCUT2D eigenvalue weighted by Crippen LogP contribution is -2.31. The van der Waals surface area contributed by atoms with Crippen molar-refractivity contribution in [1.82, 2.24) is 15.5 Å². The fraction of sp³-hybridized carbons (Fsp3) is 0.333. The number of hydrogen-bond donors (Lipinski definition) is 2. The molecule has 1 aromatic heterocycles. The summed E-state index contributed by atoms with van der Waals surface area (Å²) in [5, 5.41) is 9.69. The van der Waals surface area contributed by atoms with E-state index in [-0.39, 0.29) is 17.9 Å². The Hall–Kier alpha value is -2.10. The molecule has 4 heteroatoms. The van der Waals surface area contributed by atoms with Gasteiger partial charge in [0.15, 0.2) is 0 Å². The average molecular weight is 257 g/mol. The van der Waals surface area contributed by atoms with E-state index < -0.39 is 0 Å². The molecule has 1 aromatic carbocycles. The van der Waals surface area contributed by atoms with Gasteiger partial charge in [-0.3, -0.25) is 9.89 Å². The zero-order valence-electron chi connectivity index (χ0n) is 11.3. The van der Waals surface area contributed by atoms with Crippen LogP contribution in [0.1, 0.15) is 43.4 Å². The number of rotatable bonds is 5. The van der Waals surface area contributed by atoms with Crippen LogP contribution in [0.5, 0.6) is 0 Å². The first-order valence-electron chi connectivity index (χ1n) is 6.56. The van der Waals surface area contributed by atoms with Crippen molar-refractivity contribution in [3.8, 4) is 0 Å². The van der Waals surface area contributed by atoms with Gasteiger partial charge in [0, 0.05) is 11.8 Å². The van der Waals surface area contributed by atoms with E-state index in [0.29, 0.717) is 0 Å². The Labute approximate surface area is 113 Å². The van der Waals surface area contributed by atoms with Crippen LogP contribution < -0.4 is 5.32 Å². The Morgan fingerprint density at radius 3 is 2.63 bits per heavy atom. The highest BCUT2D eigenvalue weighted by atomic mass is 16.1. The van der Waals surface area contributed by atoms with Gasteiger partial charge in [0.05, 0.1) is 18.2 Å². The van der Waals surface area contributed by atoms with Gasteiger partial charge in [0.1, 0.15) is 0 Å². The zero-order valence-corrected chi connectivity index (χ0v) is 11.3. The van der Waals surface area contributed by atoms with E-state index in [4.69, 9.17) is 0 Å². The van der Waals surface area contributed by atoms with E-state index in [9.17, 15) is 4.79 Å². The highest BCUT2D eigenvalue weighted by Gasteiger charge is 2.20. The van der Waals surface area contributed by atoms with E-state index in [1.807, 2.05) is 44.2 Å². The first kappa shape index (κ1) is 13.3. The van der Waals surface area contributed by atoms with Gasteiger partial charge in [-0.25, -0.2) is 0 Å². The molecule has 0 aliphatic heterocycles. The zero-order chi connectivity index (χ0) is 13.7. The lowest BCUT2D eigenvalue weighted by atomic mass is 9.95. The summed E-state index contributed by atoms with van der Waals surface area (Å²) in [4.78, 5) is 12.3. The summed E-state index contributed by atoms with van der Waals surface area (Å²) in [6, 6.07) is 9.84. The van der Waals surface area contributed by atoms with Crippen LogP contribution in [0.2, 0.25) is 0 Å². The van der Waals surface area contributed by atoms with Crippen molar-refractivity contribution >= 4 is 5.91 Å². The monoisotopic (exact) mass is 257 g/mol. The number of aromatic amines is 1. The summed E-state index contributed by atoms with van der Waals surface area (Å²) >= 11 is 0. The van der Waals surface area contributed by atoms with Crippen LogP contribution in [0.4, 0.5) is 0 Å². The van der Waals surface area contributed by atoms with Crippen LogP contribution in [0, 0.1) is 0 Å². The quantitative estimate of drug-likeness (QED) is 0.865. The Morgan fingerprint density at radius 1 is 1.32 bits per heavy atom. The second-order valence-corrected chi connectivity index (χ2v) is 4.63. The third-order valence-electron chi connectivity index (χ3n) is 3.30. The lowest BCUT2D eigenvalue weighted by molar-refractivity contribution is -0.123. The molecule has 2 rings (SSSR count). The number of nitrogens with one attached hydrogen (secondary N) is 2. The lowest BCUT2D eigenvalue weighted by Gasteiger charge is -2.18. The standard InChI is InChI=1S/C15H19N3O/c1-3-14(12-7-5-4-6-8-12)15(19)18-11(2)13-9-16-17-10-13/h4-11,14H,3H2,1-2H3,(H,16,17)(H,18,19). The minimum Gasteiger partial charge on any atom is -0.349 e. The molecule has 100 valence electrons. The number of nitrogens with zero attached hydrogens (tertiary/aromatic N) is 1. The summed E-state index contributed by atoms with van der Waals surface area (Å²) in [6.45, 7) is 3.99. The summed E-state index contributed by atoms with van der Waals surface area (Å²) < 4.78 is 0. The average Bonchev–Trinajstić information content (AvgIpc) is 2.94. The van der Waals surface area contributed by atoms with Gasteiger partial charge in [-0.05, 0) is 18.9 Å². The van der Waals surface area contributed by atoms with Crippen LogP contribution >= 0.6 is 0 Å². The number of hydrogen-bond acceptors (Lipinski definition) is 2. The van der Waals surface area contributed by atoms with Gasteiger partial charge in [0.25, 0.3) is 0 Å². The van der Waals surface area contributed by atoms with Crippen LogP contribution in [-0.2, 0) is 4.79 Å². The maximum absolute atomic E-state index is 12.3. The Balaban J connectivity index is 2.06. The number of carbonyl (C=O) groups excluding carboxylic acids is 1. The van der Waals surface area contributed by atoms with Crippen LogP contribution in [0.25, 0.3) is 0 Å². The minimum atomic E-state index is -0.101. The van der Waals surface area contributed by atoms with Crippen LogP contribution in [0.15, 0.2) is 42.7 Å². The molecule has 0 fully saturated rings. The van der Waals surface area contributed by atoms with Crippen molar-refractivity contribution in [3.05, 3.63) is 53.9 Å². The molecule has 0 aliphatic carbocycles. The van der Waals surface area contributed by atoms with Crippen molar-refractivity contribution in [2.24, 2.45) is 0 Å². The number of carbonyl (C=O) groups is 1. The predicted octanol–water partition coefficient (Wildman–Crippen LogP) is 2.78. The highest BCUT2D eigenvalue weighted by Crippen LogP contribution is 2.21. The molecule has 2 atom stereocenters. The maximum Gasteiger partial charge on any atom is 0.228 e. The molecule has 0 radical (unpaired) electrons. The van der Waals surface area contributed by atoms with Gasteiger partial charge in [-0.15, -0.1) is 0 Å². The molecule has 0 aliphatic rings. The van der Waals surface area contributed by atoms with E-state index >= 15 is 0 Å². The Morgan fingerprint density at radius 2 is 2.05 bits per heavy atom. The third kappa shape index (κ3) is 3.22. The van der Waals surface area contributed by atoms with Crippen molar-refractivity contribution in [1.29, 1.82) is 0 Å². The summed E-state index contributed by atoms with van der Waals surface area (Å²) in [5.74, 6) is -0.0436. The largest absolute Gasteiger partial charge is 0.349 e. The third-order valence-corrected chi connectivity index (χ3v) is 3.30. The van der Waals surface area contributed by atoms with Gasteiger partial charge in [0.2, 0.25) is 5.91 Å². The summed E-state index contributed by atoms with van der Waals surface area (Å²) in [6.07, 6.45) is 4.32. The molecular weight excluding hydrogens is 238 g/mol. The molecule has 19 heavy (non-hydrogen) atoms. The number of aromatic nitrogens is 2. The fourth-order valence-corrected chi connectivity index (χ4v) is 2.15. The second-order valence-electron chi connectivity index (χ2n) is 4.63. The molecule has 1 amide bonds. The van der Waals surface area contributed by atoms with Crippen molar-refractivity contribution in [3.63, 3.8) is 0 Å². The SMILES string of the molecule is CCC(C(=O)NC(C)c1cn[nH]c1)c1ccccc1. The highest BCUT2D eigenvalue weighted by molar-refractivity contribution is 5.83. The molecule has 0 saturated heterocycles. The van der Waals surface area contributed by atoms with E-state index in [2.05, 4.69) is 15.5 Å². The molecule has 0 spiro atoms. The van der Waals surface area contributed by atoms with Gasteiger partial charge in [-0.2, -0.15) is 5.10 Å². The molecule has 2 aromatic rings. The van der Waals surface area contributed by atoms with Gasteiger partial charge in [-0.1, -0.05) is 37.3 Å². The summed E-state index contributed by atoms with van der Waals surface area (Å²) in [5.41, 5.74) is 2.04. The fourth-order valence-electron chi connectivity index (χ4n) is 2.15. The molecule has 2 N–H and O–H groups in total. The van der Waals surface area contributed by atoms with Crippen LogP contribution in [-0.4, -0.2) is 16.1 Å². The normalized spacial score (nSPS) is 13.8. The molecule has 2 unspecified atom stereocenters. The number of benzene rings is 1. The summed E-state index contributed by atoms with van der Waals surface area (Å²) in [7, 11) is 0. The predicted molar refractivity (Wildman–Crippen MR) is 74.6 cm³/mol. The molecule has 0 saturated carbocycles. The minimum absolute atomic E-state index is 0.0380. The second kappa shape index (κ2) is 6.18. The van der Waals surface area contributed by atoms with Crippen LogP contribution in [0.3, 0.4) is 0 Å². The van der Waals surface area contributed by atoms with Gasteiger partial charge >= 0.3 is 0 Å². The molecule has 1 heterocycles. The van der Waals surface area contributed by atoms with E-state index in [1.54, 1.807) is 12.4 Å². The van der Waals surface area contributed by atoms with Crippen molar-refractivity contribution in [2.75, 3.05) is 0 Å². The Kier molecular flexibility index (Phi) is 4.34. The van der Waals surface area contributed by atoms with E-state index in [0.717, 1.165) is 17.5 Å². The Bertz CT molecular complexity index is 507. The molecule has 4 nitrogen and oxygen atoms in total. The topological polar surface area (TPSA) is 57.8 Å². The van der Waals surface area contributed by atoms with Crippen molar-refractivity contribution in [2.45, 2.75) is 32.2 Å². The van der Waals surface area contributed by atoms with Crippen molar-refractivity contribution < 1.29 is 4.79 Å². The smallest absolute Gasteiger partial charge is 0.228 e. The first-order chi connectivity index (χ1) is 9.22. The number of H-pyrrole nitrogens is 1. The molecular formula is C15H19N3O. The maximum atomic E-state index is 12.3. The van der Waals surface area contributed by atoms with Gasteiger partial charge < -0.3 is 5.32 Å². The molecule has 0 bridgehead atoms. The van der Waals surface area contributed by atoms with E-state index in [1.165, 1.54) is 0 Å². The number of amides is 1. The first-order valence-corrected chi connectivity index (χ1v) is 6.56.